The molecule has 2 saturated heterocycles. The number of piperidine rings is 1. The van der Waals surface area contributed by atoms with Crippen LogP contribution in [0.15, 0.2) is 15.9 Å². The molecule has 5 rings (SSSR count). The number of morpholine rings is 1. The van der Waals surface area contributed by atoms with E-state index in [1.54, 1.807) is 11.8 Å². The number of aromatic nitrogens is 3. The quantitative estimate of drug-likeness (QED) is 0.469. The van der Waals surface area contributed by atoms with E-state index < -0.39 is 0 Å². The predicted molar refractivity (Wildman–Crippen MR) is 126 cm³/mol. The third-order valence-electron chi connectivity index (χ3n) is 6.98. The Morgan fingerprint density at radius 1 is 1.18 bits per heavy atom. The summed E-state index contributed by atoms with van der Waals surface area (Å²) in [6, 6.07) is 0. The minimum Gasteiger partial charge on any atom is -0.379 e. The largest absolute Gasteiger partial charge is 0.379 e. The Morgan fingerprint density at radius 2 is 2.03 bits per heavy atom. The number of rotatable bonds is 6. The van der Waals surface area contributed by atoms with Crippen LogP contribution in [0.5, 0.6) is 0 Å². The van der Waals surface area contributed by atoms with Gasteiger partial charge in [-0.05, 0) is 44.6 Å². The predicted octanol–water partition coefficient (Wildman–Crippen LogP) is 3.10. The molecule has 1 aliphatic carbocycles. The highest BCUT2D eigenvalue weighted by molar-refractivity contribution is 7.99. The van der Waals surface area contributed by atoms with Crippen LogP contribution in [-0.2, 0) is 17.6 Å². The fourth-order valence-corrected chi connectivity index (χ4v) is 5.92. The molecule has 1 atom stereocenters. The molecule has 0 spiro atoms. The second-order valence-electron chi connectivity index (χ2n) is 9.25. The zero-order chi connectivity index (χ0) is 22.6. The van der Waals surface area contributed by atoms with E-state index in [0.717, 1.165) is 111 Å². The first-order valence-electron chi connectivity index (χ1n) is 12.2. The van der Waals surface area contributed by atoms with Crippen molar-refractivity contribution in [2.45, 2.75) is 56.5 Å². The van der Waals surface area contributed by atoms with Crippen molar-refractivity contribution in [1.82, 2.24) is 24.9 Å². The highest BCUT2D eigenvalue weighted by Gasteiger charge is 2.32. The van der Waals surface area contributed by atoms with Gasteiger partial charge in [0.25, 0.3) is 5.91 Å². The summed E-state index contributed by atoms with van der Waals surface area (Å²) < 4.78 is 10.9. The maximum Gasteiger partial charge on any atom is 0.276 e. The van der Waals surface area contributed by atoms with Gasteiger partial charge in [-0.15, -0.1) is 0 Å². The van der Waals surface area contributed by atoms with E-state index in [1.165, 1.54) is 0 Å². The first-order valence-corrected chi connectivity index (χ1v) is 13.2. The van der Waals surface area contributed by atoms with Gasteiger partial charge in [0.2, 0.25) is 0 Å². The molecule has 2 aromatic heterocycles. The summed E-state index contributed by atoms with van der Waals surface area (Å²) in [5.74, 6) is 2.11. The number of amides is 1. The molecule has 9 heteroatoms. The first kappa shape index (κ1) is 22.8. The molecule has 0 saturated carbocycles. The van der Waals surface area contributed by atoms with Crippen LogP contribution in [0, 0.1) is 6.92 Å². The average molecular weight is 472 g/mol. The van der Waals surface area contributed by atoms with E-state index in [0.29, 0.717) is 12.2 Å². The number of fused-ring (bicyclic) bond motifs is 1. The Kier molecular flexibility index (Phi) is 7.27. The molecule has 4 heterocycles. The Balaban J connectivity index is 1.23. The van der Waals surface area contributed by atoms with Gasteiger partial charge in [0.1, 0.15) is 5.76 Å². The summed E-state index contributed by atoms with van der Waals surface area (Å²) in [5.41, 5.74) is 3.75. The van der Waals surface area contributed by atoms with Gasteiger partial charge in [0.15, 0.2) is 10.9 Å². The minimum absolute atomic E-state index is 0.0124. The maximum absolute atomic E-state index is 13.3. The number of nitrogens with zero attached hydrogens (tertiary/aromatic N) is 5. The molecule has 2 aromatic rings. The van der Waals surface area contributed by atoms with Crippen molar-refractivity contribution in [2.24, 2.45) is 0 Å². The average Bonchev–Trinajstić information content (AvgIpc) is 3.29. The molecule has 0 radical (unpaired) electrons. The maximum atomic E-state index is 13.3. The van der Waals surface area contributed by atoms with Crippen LogP contribution in [0.1, 0.15) is 64.7 Å². The van der Waals surface area contributed by atoms with Gasteiger partial charge in [0.05, 0.1) is 18.9 Å². The Hall–Kier alpha value is -1.97. The van der Waals surface area contributed by atoms with Gasteiger partial charge in [-0.2, -0.15) is 0 Å². The number of thioether (sulfide) groups is 1. The molecule has 1 amide bonds. The van der Waals surface area contributed by atoms with Crippen LogP contribution in [0.3, 0.4) is 0 Å². The van der Waals surface area contributed by atoms with E-state index in [9.17, 15) is 4.79 Å². The van der Waals surface area contributed by atoms with Crippen molar-refractivity contribution in [3.63, 3.8) is 0 Å². The van der Waals surface area contributed by atoms with Gasteiger partial charge in [-0.25, -0.2) is 9.97 Å². The lowest BCUT2D eigenvalue weighted by molar-refractivity contribution is 0.0410. The number of carbonyl (C=O) groups is 1. The topological polar surface area (TPSA) is 84.6 Å². The summed E-state index contributed by atoms with van der Waals surface area (Å²) in [7, 11) is 0. The molecule has 0 N–H and O–H groups in total. The smallest absolute Gasteiger partial charge is 0.276 e. The Labute approximate surface area is 199 Å². The molecule has 1 unspecified atom stereocenters. The SMILES string of the molecule is Cc1cnc(SCCN2CCOCC2)nc1C1CCCN(C(=O)c2noc3c2CCCC3)C1. The third-order valence-corrected chi connectivity index (χ3v) is 7.82. The van der Waals surface area contributed by atoms with Crippen LogP contribution in [0.4, 0.5) is 0 Å². The molecular formula is C24H33N5O3S. The van der Waals surface area contributed by atoms with Crippen molar-refractivity contribution in [2.75, 3.05) is 51.7 Å². The fraction of sp³-hybridized carbons (Fsp3) is 0.667. The normalized spacial score (nSPS) is 21.7. The Bertz CT molecular complexity index is 975. The highest BCUT2D eigenvalue weighted by Crippen LogP contribution is 2.31. The molecule has 33 heavy (non-hydrogen) atoms. The van der Waals surface area contributed by atoms with Gasteiger partial charge >= 0.3 is 0 Å². The van der Waals surface area contributed by atoms with Crippen molar-refractivity contribution >= 4 is 17.7 Å². The zero-order valence-corrected chi connectivity index (χ0v) is 20.2. The van der Waals surface area contributed by atoms with E-state index in [2.05, 4.69) is 22.0 Å². The zero-order valence-electron chi connectivity index (χ0n) is 19.4. The summed E-state index contributed by atoms with van der Waals surface area (Å²) in [6.07, 6.45) is 7.95. The number of likely N-dealkylation sites (tertiary alicyclic amines) is 1. The van der Waals surface area contributed by atoms with E-state index in [1.807, 2.05) is 11.1 Å². The van der Waals surface area contributed by atoms with Crippen molar-refractivity contribution in [1.29, 1.82) is 0 Å². The lowest BCUT2D eigenvalue weighted by atomic mass is 9.91. The molecule has 2 fully saturated rings. The van der Waals surface area contributed by atoms with E-state index in [4.69, 9.17) is 14.2 Å². The number of hydrogen-bond acceptors (Lipinski definition) is 8. The molecule has 8 nitrogen and oxygen atoms in total. The number of carbonyl (C=O) groups excluding carboxylic acids is 1. The number of ether oxygens (including phenoxy) is 1. The lowest BCUT2D eigenvalue weighted by Gasteiger charge is -2.33. The third kappa shape index (κ3) is 5.25. The van der Waals surface area contributed by atoms with Crippen LogP contribution in [0.25, 0.3) is 0 Å². The second-order valence-corrected chi connectivity index (χ2v) is 10.3. The summed E-state index contributed by atoms with van der Waals surface area (Å²) >= 11 is 1.71. The lowest BCUT2D eigenvalue weighted by Crippen LogP contribution is -2.40. The first-order chi connectivity index (χ1) is 16.2. The standard InChI is InChI=1S/C24H33N5O3S/c1-17-15-25-24(33-14-11-28-9-12-31-13-10-28)26-21(17)18-5-4-8-29(16-18)23(30)22-19-6-2-3-7-20(19)32-27-22/h15,18H,2-14,16H2,1H3. The molecular weight excluding hydrogens is 438 g/mol. The highest BCUT2D eigenvalue weighted by atomic mass is 32.2. The molecule has 3 aliphatic rings. The van der Waals surface area contributed by atoms with Gasteiger partial charge in [-0.3, -0.25) is 9.69 Å². The van der Waals surface area contributed by atoms with Crippen LogP contribution >= 0.6 is 11.8 Å². The van der Waals surface area contributed by atoms with Gasteiger partial charge in [0, 0.05) is 62.6 Å². The fourth-order valence-electron chi connectivity index (χ4n) is 5.10. The molecule has 0 bridgehead atoms. The van der Waals surface area contributed by atoms with Gasteiger partial charge in [-0.1, -0.05) is 16.9 Å². The van der Waals surface area contributed by atoms with E-state index in [-0.39, 0.29) is 11.8 Å². The van der Waals surface area contributed by atoms with Crippen LogP contribution in [-0.4, -0.2) is 82.5 Å². The van der Waals surface area contributed by atoms with Crippen molar-refractivity contribution < 1.29 is 14.1 Å². The second kappa shape index (κ2) is 10.5. The number of hydrogen-bond donors (Lipinski definition) is 0. The van der Waals surface area contributed by atoms with Crippen molar-refractivity contribution in [3.8, 4) is 0 Å². The van der Waals surface area contributed by atoms with E-state index >= 15 is 0 Å². The summed E-state index contributed by atoms with van der Waals surface area (Å²) in [5, 5.41) is 5.00. The van der Waals surface area contributed by atoms with Crippen LogP contribution < -0.4 is 0 Å². The number of aryl methyl sites for hydroxylation is 2. The summed E-state index contributed by atoms with van der Waals surface area (Å²) in [6.45, 7) is 8.19. The molecule has 2 aliphatic heterocycles. The van der Waals surface area contributed by atoms with Gasteiger partial charge < -0.3 is 14.2 Å². The van der Waals surface area contributed by atoms with Crippen LogP contribution in [0.2, 0.25) is 0 Å². The molecule has 0 aromatic carbocycles. The minimum atomic E-state index is 0.0124. The Morgan fingerprint density at radius 3 is 2.91 bits per heavy atom. The summed E-state index contributed by atoms with van der Waals surface area (Å²) in [4.78, 5) is 27.2. The monoisotopic (exact) mass is 471 g/mol. The van der Waals surface area contributed by atoms with Crippen molar-refractivity contribution in [3.05, 3.63) is 34.5 Å². The molecule has 178 valence electrons.